The van der Waals surface area contributed by atoms with Crippen molar-refractivity contribution in [1.82, 2.24) is 4.90 Å². The van der Waals surface area contributed by atoms with Crippen LogP contribution in [0.25, 0.3) is 0 Å². The average Bonchev–Trinajstić information content (AvgIpc) is 3.32. The first-order chi connectivity index (χ1) is 10.2. The number of hydrogen-bond donors (Lipinski definition) is 2. The van der Waals surface area contributed by atoms with Crippen LogP contribution in [0.15, 0.2) is 54.6 Å². The maximum absolute atomic E-state index is 10.5. The molecule has 1 aliphatic carbocycles. The van der Waals surface area contributed by atoms with E-state index in [0.29, 0.717) is 18.3 Å². The summed E-state index contributed by atoms with van der Waals surface area (Å²) in [5.41, 5.74) is 8.75. The number of nitrogens with two attached hydrogens (primary N) is 1. The first-order valence-electron chi connectivity index (χ1n) is 7.54. The summed E-state index contributed by atoms with van der Waals surface area (Å²) >= 11 is 0. The van der Waals surface area contributed by atoms with E-state index in [1.165, 1.54) is 18.4 Å². The Morgan fingerprint density at radius 3 is 2.38 bits per heavy atom. The van der Waals surface area contributed by atoms with Crippen molar-refractivity contribution in [3.05, 3.63) is 65.7 Å². The Kier molecular flexibility index (Phi) is 4.23. The SMILES string of the molecule is Nc1ccccc1C(O)CN(Cc1ccccc1)C1CC1. The first kappa shape index (κ1) is 14.1. The van der Waals surface area contributed by atoms with Gasteiger partial charge >= 0.3 is 0 Å². The van der Waals surface area contributed by atoms with Gasteiger partial charge in [0.1, 0.15) is 0 Å². The Hall–Kier alpha value is -1.84. The second-order valence-corrected chi connectivity index (χ2v) is 5.79. The lowest BCUT2D eigenvalue weighted by molar-refractivity contribution is 0.105. The molecule has 0 aliphatic heterocycles. The lowest BCUT2D eigenvalue weighted by Gasteiger charge is -2.25. The quantitative estimate of drug-likeness (QED) is 0.801. The first-order valence-corrected chi connectivity index (χ1v) is 7.54. The maximum atomic E-state index is 10.5. The van der Waals surface area contributed by atoms with Crippen LogP contribution in [-0.4, -0.2) is 22.6 Å². The van der Waals surface area contributed by atoms with Gasteiger partial charge in [-0.1, -0.05) is 48.5 Å². The highest BCUT2D eigenvalue weighted by Crippen LogP contribution is 2.31. The summed E-state index contributed by atoms with van der Waals surface area (Å²) in [6, 6.07) is 18.6. The van der Waals surface area contributed by atoms with Crippen molar-refractivity contribution in [2.24, 2.45) is 0 Å². The van der Waals surface area contributed by atoms with Crippen LogP contribution in [0.2, 0.25) is 0 Å². The van der Waals surface area contributed by atoms with E-state index in [0.717, 1.165) is 12.1 Å². The molecule has 0 aromatic heterocycles. The topological polar surface area (TPSA) is 49.5 Å². The molecule has 110 valence electrons. The fourth-order valence-corrected chi connectivity index (χ4v) is 2.74. The summed E-state index contributed by atoms with van der Waals surface area (Å²) in [7, 11) is 0. The molecule has 3 N–H and O–H groups in total. The normalized spacial score (nSPS) is 16.1. The van der Waals surface area contributed by atoms with E-state index >= 15 is 0 Å². The predicted octanol–water partition coefficient (Wildman–Crippen LogP) is 2.97. The molecule has 2 aromatic carbocycles. The Morgan fingerprint density at radius 2 is 1.71 bits per heavy atom. The van der Waals surface area contributed by atoms with Crippen LogP contribution in [0, 0.1) is 0 Å². The van der Waals surface area contributed by atoms with Gasteiger partial charge in [0.05, 0.1) is 6.10 Å². The van der Waals surface area contributed by atoms with Crippen LogP contribution in [0.5, 0.6) is 0 Å². The number of nitrogens with zero attached hydrogens (tertiary/aromatic N) is 1. The van der Waals surface area contributed by atoms with Crippen LogP contribution < -0.4 is 5.73 Å². The fourth-order valence-electron chi connectivity index (χ4n) is 2.74. The highest BCUT2D eigenvalue weighted by atomic mass is 16.3. The highest BCUT2D eigenvalue weighted by Gasteiger charge is 2.30. The zero-order valence-electron chi connectivity index (χ0n) is 12.2. The third kappa shape index (κ3) is 3.63. The minimum atomic E-state index is -0.532. The number of aliphatic hydroxyl groups is 1. The molecule has 1 aliphatic rings. The van der Waals surface area contributed by atoms with Crippen molar-refractivity contribution in [2.75, 3.05) is 12.3 Å². The number of para-hydroxylation sites is 1. The van der Waals surface area contributed by atoms with E-state index in [1.54, 1.807) is 0 Å². The molecule has 3 rings (SSSR count). The molecule has 0 saturated heterocycles. The van der Waals surface area contributed by atoms with Gasteiger partial charge in [0.2, 0.25) is 0 Å². The number of hydrogen-bond acceptors (Lipinski definition) is 3. The van der Waals surface area contributed by atoms with Crippen molar-refractivity contribution in [3.63, 3.8) is 0 Å². The Labute approximate surface area is 126 Å². The van der Waals surface area contributed by atoms with Gasteiger partial charge in [0.15, 0.2) is 0 Å². The van der Waals surface area contributed by atoms with Crippen molar-refractivity contribution >= 4 is 5.69 Å². The molecular weight excluding hydrogens is 260 g/mol. The molecule has 3 heteroatoms. The summed E-state index contributed by atoms with van der Waals surface area (Å²) in [5.74, 6) is 0. The van der Waals surface area contributed by atoms with Crippen molar-refractivity contribution in [2.45, 2.75) is 31.5 Å². The molecular formula is C18H22N2O. The van der Waals surface area contributed by atoms with E-state index in [9.17, 15) is 5.11 Å². The second kappa shape index (κ2) is 6.29. The summed E-state index contributed by atoms with van der Waals surface area (Å²) in [6.45, 7) is 1.52. The predicted molar refractivity (Wildman–Crippen MR) is 85.7 cm³/mol. The van der Waals surface area contributed by atoms with E-state index < -0.39 is 6.10 Å². The van der Waals surface area contributed by atoms with Gasteiger partial charge in [0.25, 0.3) is 0 Å². The van der Waals surface area contributed by atoms with E-state index in [4.69, 9.17) is 5.73 Å². The fraction of sp³-hybridized carbons (Fsp3) is 0.333. The molecule has 1 fully saturated rings. The maximum Gasteiger partial charge on any atom is 0.0936 e. The van der Waals surface area contributed by atoms with Crippen LogP contribution >= 0.6 is 0 Å². The standard InChI is InChI=1S/C18H22N2O/c19-17-9-5-4-8-16(17)18(21)13-20(15-10-11-15)12-14-6-2-1-3-7-14/h1-9,15,18,21H,10-13,19H2. The molecule has 2 aromatic rings. The minimum absolute atomic E-state index is 0.532. The molecule has 1 saturated carbocycles. The van der Waals surface area contributed by atoms with Gasteiger partial charge in [-0.2, -0.15) is 0 Å². The molecule has 21 heavy (non-hydrogen) atoms. The van der Waals surface area contributed by atoms with Gasteiger partial charge in [-0.3, -0.25) is 4.90 Å². The number of benzene rings is 2. The largest absolute Gasteiger partial charge is 0.398 e. The number of anilines is 1. The van der Waals surface area contributed by atoms with Crippen molar-refractivity contribution in [3.8, 4) is 0 Å². The molecule has 1 atom stereocenters. The molecule has 0 amide bonds. The Bertz CT molecular complexity index is 581. The van der Waals surface area contributed by atoms with E-state index in [-0.39, 0.29) is 0 Å². The van der Waals surface area contributed by atoms with Crippen molar-refractivity contribution in [1.29, 1.82) is 0 Å². The summed E-state index contributed by atoms with van der Waals surface area (Å²) < 4.78 is 0. The smallest absolute Gasteiger partial charge is 0.0936 e. The van der Waals surface area contributed by atoms with Gasteiger partial charge in [-0.05, 0) is 24.5 Å². The van der Waals surface area contributed by atoms with Gasteiger partial charge in [0, 0.05) is 30.4 Å². The lowest BCUT2D eigenvalue weighted by atomic mass is 10.1. The zero-order chi connectivity index (χ0) is 14.7. The van der Waals surface area contributed by atoms with Gasteiger partial charge < -0.3 is 10.8 Å². The molecule has 0 heterocycles. The monoisotopic (exact) mass is 282 g/mol. The van der Waals surface area contributed by atoms with Crippen molar-refractivity contribution < 1.29 is 5.11 Å². The zero-order valence-corrected chi connectivity index (χ0v) is 12.2. The van der Waals surface area contributed by atoms with Crippen LogP contribution in [0.4, 0.5) is 5.69 Å². The van der Waals surface area contributed by atoms with E-state index in [2.05, 4.69) is 29.2 Å². The molecule has 0 radical (unpaired) electrons. The number of aliphatic hydroxyl groups excluding tert-OH is 1. The molecule has 1 unspecified atom stereocenters. The number of nitrogen functional groups attached to an aromatic ring is 1. The highest BCUT2D eigenvalue weighted by molar-refractivity contribution is 5.47. The summed E-state index contributed by atoms with van der Waals surface area (Å²) in [6.07, 6.45) is 1.92. The molecule has 0 bridgehead atoms. The Morgan fingerprint density at radius 1 is 1.05 bits per heavy atom. The molecule has 3 nitrogen and oxygen atoms in total. The second-order valence-electron chi connectivity index (χ2n) is 5.79. The van der Waals surface area contributed by atoms with E-state index in [1.807, 2.05) is 30.3 Å². The lowest BCUT2D eigenvalue weighted by Crippen LogP contribution is -2.30. The van der Waals surface area contributed by atoms with Gasteiger partial charge in [-0.15, -0.1) is 0 Å². The van der Waals surface area contributed by atoms with Crippen LogP contribution in [0.1, 0.15) is 30.1 Å². The molecule has 0 spiro atoms. The van der Waals surface area contributed by atoms with Gasteiger partial charge in [-0.25, -0.2) is 0 Å². The van der Waals surface area contributed by atoms with Crippen LogP contribution in [-0.2, 0) is 6.54 Å². The third-order valence-electron chi connectivity index (χ3n) is 4.05. The summed E-state index contributed by atoms with van der Waals surface area (Å²) in [5, 5.41) is 10.5. The van der Waals surface area contributed by atoms with Crippen LogP contribution in [0.3, 0.4) is 0 Å². The summed E-state index contributed by atoms with van der Waals surface area (Å²) in [4.78, 5) is 2.37. The minimum Gasteiger partial charge on any atom is -0.398 e. The average molecular weight is 282 g/mol. The number of rotatable bonds is 6. The Balaban J connectivity index is 1.69. The third-order valence-corrected chi connectivity index (χ3v) is 4.05.